The molecule has 0 aliphatic carbocycles. The molecule has 0 saturated carbocycles. The summed E-state index contributed by atoms with van der Waals surface area (Å²) < 4.78 is 5.01. The molecule has 2 aromatic carbocycles. The highest BCUT2D eigenvalue weighted by Gasteiger charge is 2.18. The monoisotopic (exact) mass is 314 g/mol. The molecule has 0 aromatic heterocycles. The van der Waals surface area contributed by atoms with Gasteiger partial charge in [0.15, 0.2) is 0 Å². The number of rotatable bonds is 3. The minimum absolute atomic E-state index is 0.355. The molecule has 1 aliphatic rings. The third-order valence-corrected chi connectivity index (χ3v) is 5.65. The maximum Gasteiger partial charge on any atom is 0.338 e. The number of fused-ring (bicyclic) bond motifs is 2. The molecule has 2 aromatic rings. The van der Waals surface area contributed by atoms with Gasteiger partial charge in [0.25, 0.3) is 0 Å². The van der Waals surface area contributed by atoms with Gasteiger partial charge in [-0.1, -0.05) is 48.3 Å². The maximum atomic E-state index is 11.8. The van der Waals surface area contributed by atoms with Gasteiger partial charge >= 0.3 is 5.97 Å². The van der Waals surface area contributed by atoms with Gasteiger partial charge in [-0.05, 0) is 36.8 Å². The summed E-state index contributed by atoms with van der Waals surface area (Å²) in [6, 6.07) is 14.3. The Morgan fingerprint density at radius 3 is 2.33 bits per heavy atom. The van der Waals surface area contributed by atoms with Crippen LogP contribution in [0.15, 0.2) is 68.6 Å². The Kier molecular flexibility index (Phi) is 4.08. The molecule has 3 rings (SSSR count). The fourth-order valence-electron chi connectivity index (χ4n) is 2.05. The summed E-state index contributed by atoms with van der Waals surface area (Å²) in [5, 5.41) is 0. The molecule has 21 heavy (non-hydrogen) atoms. The minimum Gasteiger partial charge on any atom is -0.462 e. The second-order valence-electron chi connectivity index (χ2n) is 4.51. The molecule has 0 saturated heterocycles. The van der Waals surface area contributed by atoms with Gasteiger partial charge in [-0.2, -0.15) is 0 Å². The highest BCUT2D eigenvalue weighted by atomic mass is 32.2. The van der Waals surface area contributed by atoms with Crippen LogP contribution in [0.4, 0.5) is 0 Å². The lowest BCUT2D eigenvalue weighted by molar-refractivity contribution is -0.136. The molecule has 0 unspecified atom stereocenters. The molecule has 0 bridgehead atoms. The molecule has 0 radical (unpaired) electrons. The SMILES string of the molecule is C=C(C(=O)OCC)c1ccc2c(c1)Sc1ccccc1S2. The average Bonchev–Trinajstić information content (AvgIpc) is 2.51. The topological polar surface area (TPSA) is 26.3 Å². The van der Waals surface area contributed by atoms with Gasteiger partial charge in [0.1, 0.15) is 0 Å². The van der Waals surface area contributed by atoms with Crippen molar-refractivity contribution < 1.29 is 9.53 Å². The van der Waals surface area contributed by atoms with Crippen molar-refractivity contribution in [2.24, 2.45) is 0 Å². The van der Waals surface area contributed by atoms with E-state index >= 15 is 0 Å². The maximum absolute atomic E-state index is 11.8. The fourth-order valence-corrected chi connectivity index (χ4v) is 4.31. The number of esters is 1. The number of carbonyl (C=O) groups excluding carboxylic acids is 1. The van der Waals surface area contributed by atoms with E-state index in [9.17, 15) is 4.79 Å². The molecule has 0 N–H and O–H groups in total. The van der Waals surface area contributed by atoms with E-state index in [4.69, 9.17) is 4.74 Å². The first-order valence-corrected chi connectivity index (χ1v) is 8.27. The summed E-state index contributed by atoms with van der Waals surface area (Å²) in [6.07, 6.45) is 0. The van der Waals surface area contributed by atoms with Crippen LogP contribution in [-0.4, -0.2) is 12.6 Å². The molecule has 0 fully saturated rings. The number of hydrogen-bond donors (Lipinski definition) is 0. The summed E-state index contributed by atoms with van der Waals surface area (Å²) >= 11 is 3.48. The zero-order chi connectivity index (χ0) is 14.8. The third kappa shape index (κ3) is 2.87. The van der Waals surface area contributed by atoms with E-state index in [1.54, 1.807) is 30.4 Å². The molecular weight excluding hydrogens is 300 g/mol. The normalized spacial score (nSPS) is 12.2. The summed E-state index contributed by atoms with van der Waals surface area (Å²) in [5.74, 6) is -0.355. The zero-order valence-corrected chi connectivity index (χ0v) is 13.2. The summed E-state index contributed by atoms with van der Waals surface area (Å²) in [4.78, 5) is 16.7. The zero-order valence-electron chi connectivity index (χ0n) is 11.6. The standard InChI is InChI=1S/C17H14O2S2/c1-3-19-17(18)11(2)12-8-9-15-16(10-12)21-14-7-5-4-6-13(14)20-15/h4-10H,2-3H2,1H3. The van der Waals surface area contributed by atoms with Crippen molar-refractivity contribution >= 4 is 35.1 Å². The molecule has 0 atom stereocenters. The van der Waals surface area contributed by atoms with Crippen LogP contribution < -0.4 is 0 Å². The van der Waals surface area contributed by atoms with Gasteiger partial charge in [0.2, 0.25) is 0 Å². The van der Waals surface area contributed by atoms with Crippen molar-refractivity contribution in [3.63, 3.8) is 0 Å². The van der Waals surface area contributed by atoms with E-state index in [1.165, 1.54) is 14.7 Å². The first-order chi connectivity index (χ1) is 10.2. The van der Waals surface area contributed by atoms with Crippen molar-refractivity contribution in [3.8, 4) is 0 Å². The molecule has 4 heteroatoms. The van der Waals surface area contributed by atoms with E-state index in [0.717, 1.165) is 10.5 Å². The average molecular weight is 314 g/mol. The minimum atomic E-state index is -0.355. The Morgan fingerprint density at radius 2 is 1.67 bits per heavy atom. The van der Waals surface area contributed by atoms with Crippen LogP contribution in [0.25, 0.3) is 5.57 Å². The van der Waals surface area contributed by atoms with E-state index in [1.807, 2.05) is 30.3 Å². The van der Waals surface area contributed by atoms with E-state index < -0.39 is 0 Å². The predicted octanol–water partition coefficient (Wildman–Crippen LogP) is 4.88. The molecular formula is C17H14O2S2. The summed E-state index contributed by atoms with van der Waals surface area (Å²) in [7, 11) is 0. The van der Waals surface area contributed by atoms with Crippen molar-refractivity contribution in [2.75, 3.05) is 6.61 Å². The first-order valence-electron chi connectivity index (χ1n) is 6.64. The van der Waals surface area contributed by atoms with Gasteiger partial charge in [-0.15, -0.1) is 0 Å². The van der Waals surface area contributed by atoms with Crippen LogP contribution in [0.3, 0.4) is 0 Å². The van der Waals surface area contributed by atoms with E-state index in [0.29, 0.717) is 12.2 Å². The molecule has 0 spiro atoms. The number of hydrogen-bond acceptors (Lipinski definition) is 4. The highest BCUT2D eigenvalue weighted by Crippen LogP contribution is 2.48. The largest absolute Gasteiger partial charge is 0.462 e. The predicted molar refractivity (Wildman–Crippen MR) is 86.8 cm³/mol. The quantitative estimate of drug-likeness (QED) is 0.508. The Balaban J connectivity index is 1.90. The Bertz CT molecular complexity index is 722. The van der Waals surface area contributed by atoms with Gasteiger partial charge < -0.3 is 4.74 Å². The fraction of sp³-hybridized carbons (Fsp3) is 0.118. The van der Waals surface area contributed by atoms with Crippen molar-refractivity contribution in [2.45, 2.75) is 26.5 Å². The third-order valence-electron chi connectivity index (χ3n) is 3.10. The van der Waals surface area contributed by atoms with Gasteiger partial charge in [0.05, 0.1) is 12.2 Å². The second kappa shape index (κ2) is 6.00. The van der Waals surface area contributed by atoms with Crippen molar-refractivity contribution in [1.82, 2.24) is 0 Å². The molecule has 2 nitrogen and oxygen atoms in total. The highest BCUT2D eigenvalue weighted by molar-refractivity contribution is 8.05. The Hall–Kier alpha value is -1.65. The smallest absolute Gasteiger partial charge is 0.338 e. The van der Waals surface area contributed by atoms with Crippen molar-refractivity contribution in [1.29, 1.82) is 0 Å². The molecule has 106 valence electrons. The van der Waals surface area contributed by atoms with Crippen molar-refractivity contribution in [3.05, 3.63) is 54.6 Å². The van der Waals surface area contributed by atoms with Gasteiger partial charge in [-0.25, -0.2) is 4.79 Å². The van der Waals surface area contributed by atoms with Crippen LogP contribution in [0.1, 0.15) is 12.5 Å². The second-order valence-corrected chi connectivity index (χ2v) is 6.68. The molecule has 0 amide bonds. The molecule has 1 heterocycles. The van der Waals surface area contributed by atoms with Gasteiger partial charge in [-0.3, -0.25) is 0 Å². The van der Waals surface area contributed by atoms with Crippen LogP contribution in [0.5, 0.6) is 0 Å². The van der Waals surface area contributed by atoms with E-state index in [2.05, 4.69) is 18.7 Å². The lowest BCUT2D eigenvalue weighted by atomic mass is 10.1. The number of ether oxygens (including phenoxy) is 1. The Morgan fingerprint density at radius 1 is 1.05 bits per heavy atom. The lowest BCUT2D eigenvalue weighted by Crippen LogP contribution is -2.06. The van der Waals surface area contributed by atoms with Gasteiger partial charge in [0, 0.05) is 19.6 Å². The van der Waals surface area contributed by atoms with Crippen LogP contribution in [0, 0.1) is 0 Å². The van der Waals surface area contributed by atoms with Crippen LogP contribution >= 0.6 is 23.5 Å². The van der Waals surface area contributed by atoms with Crippen LogP contribution in [0.2, 0.25) is 0 Å². The van der Waals surface area contributed by atoms with Crippen LogP contribution in [-0.2, 0) is 9.53 Å². The Labute approximate surface area is 132 Å². The van der Waals surface area contributed by atoms with E-state index in [-0.39, 0.29) is 5.97 Å². The first kappa shape index (κ1) is 14.3. The number of carbonyl (C=O) groups is 1. The summed E-state index contributed by atoms with van der Waals surface area (Å²) in [5.41, 5.74) is 1.23. The summed E-state index contributed by atoms with van der Waals surface area (Å²) in [6.45, 7) is 6.00. The molecule has 1 aliphatic heterocycles. The number of benzene rings is 2. The lowest BCUT2D eigenvalue weighted by Gasteiger charge is -2.19.